The third-order valence-corrected chi connectivity index (χ3v) is 6.19. The van der Waals surface area contributed by atoms with Crippen molar-refractivity contribution in [1.29, 1.82) is 0 Å². The molecule has 6 nitrogen and oxygen atoms in total. The Morgan fingerprint density at radius 3 is 2.48 bits per heavy atom. The van der Waals surface area contributed by atoms with Crippen LogP contribution in [0.3, 0.4) is 0 Å². The fraction of sp³-hybridized carbons (Fsp3) is 0.333. The van der Waals surface area contributed by atoms with Crippen LogP contribution < -0.4 is 5.32 Å². The van der Waals surface area contributed by atoms with Gasteiger partial charge in [-0.15, -0.1) is 0 Å². The van der Waals surface area contributed by atoms with Crippen LogP contribution in [0.5, 0.6) is 0 Å². The van der Waals surface area contributed by atoms with E-state index in [0.29, 0.717) is 30.3 Å². The predicted molar refractivity (Wildman–Crippen MR) is 95.8 cm³/mol. The van der Waals surface area contributed by atoms with Crippen LogP contribution in [0.1, 0.15) is 30.1 Å². The lowest BCUT2D eigenvalue weighted by Crippen LogP contribution is -2.39. The number of nitrogens with zero attached hydrogens (tertiary/aromatic N) is 2. The number of amides is 1. The Labute approximate surface area is 147 Å². The molecule has 1 atom stereocenters. The summed E-state index contributed by atoms with van der Waals surface area (Å²) in [6.45, 7) is 3.19. The van der Waals surface area contributed by atoms with Crippen LogP contribution in [0.25, 0.3) is 0 Å². The Hall–Kier alpha value is -2.25. The van der Waals surface area contributed by atoms with E-state index in [4.69, 9.17) is 0 Å². The summed E-state index contributed by atoms with van der Waals surface area (Å²) in [6, 6.07) is 9.53. The number of hydrogen-bond acceptors (Lipinski definition) is 4. The van der Waals surface area contributed by atoms with Crippen molar-refractivity contribution in [3.05, 3.63) is 54.4 Å². The molecule has 25 heavy (non-hydrogen) atoms. The molecule has 3 rings (SSSR count). The van der Waals surface area contributed by atoms with Crippen molar-refractivity contribution >= 4 is 21.6 Å². The van der Waals surface area contributed by atoms with Crippen LogP contribution in [0, 0.1) is 5.92 Å². The van der Waals surface area contributed by atoms with Crippen molar-refractivity contribution in [2.75, 3.05) is 18.4 Å². The van der Waals surface area contributed by atoms with Crippen LogP contribution in [0.4, 0.5) is 5.69 Å². The molecule has 0 unspecified atom stereocenters. The number of pyridine rings is 1. The highest BCUT2D eigenvalue weighted by molar-refractivity contribution is 7.89. The summed E-state index contributed by atoms with van der Waals surface area (Å²) < 4.78 is 27.0. The zero-order valence-electron chi connectivity index (χ0n) is 14.1. The van der Waals surface area contributed by atoms with E-state index in [1.165, 1.54) is 12.1 Å². The van der Waals surface area contributed by atoms with Gasteiger partial charge in [0.15, 0.2) is 0 Å². The molecule has 1 saturated heterocycles. The van der Waals surface area contributed by atoms with E-state index in [0.717, 1.165) is 12.8 Å². The molecule has 0 bridgehead atoms. The maximum absolute atomic E-state index is 12.7. The first-order chi connectivity index (χ1) is 12.0. The van der Waals surface area contributed by atoms with E-state index >= 15 is 0 Å². The smallest absolute Gasteiger partial charge is 0.255 e. The molecule has 1 N–H and O–H groups in total. The number of rotatable bonds is 4. The van der Waals surface area contributed by atoms with Gasteiger partial charge in [-0.05, 0) is 55.2 Å². The SMILES string of the molecule is C[C@@H]1CCCN(S(=O)(=O)c2ccc(NC(=O)c3ccncc3)cc2)C1. The van der Waals surface area contributed by atoms with Gasteiger partial charge in [0.05, 0.1) is 4.90 Å². The van der Waals surface area contributed by atoms with Crippen LogP contribution in [0.15, 0.2) is 53.7 Å². The summed E-state index contributed by atoms with van der Waals surface area (Å²) in [6.07, 6.45) is 5.04. The van der Waals surface area contributed by atoms with Crippen LogP contribution in [-0.2, 0) is 10.0 Å². The van der Waals surface area contributed by atoms with Crippen molar-refractivity contribution < 1.29 is 13.2 Å². The molecule has 0 radical (unpaired) electrons. The number of sulfonamides is 1. The van der Waals surface area contributed by atoms with Gasteiger partial charge in [-0.3, -0.25) is 9.78 Å². The van der Waals surface area contributed by atoms with Gasteiger partial charge in [-0.2, -0.15) is 4.31 Å². The van der Waals surface area contributed by atoms with Crippen molar-refractivity contribution in [2.45, 2.75) is 24.7 Å². The molecule has 2 aromatic rings. The Morgan fingerprint density at radius 2 is 1.84 bits per heavy atom. The van der Waals surface area contributed by atoms with E-state index in [2.05, 4.69) is 17.2 Å². The number of nitrogens with one attached hydrogen (secondary N) is 1. The number of anilines is 1. The lowest BCUT2D eigenvalue weighted by molar-refractivity contribution is 0.102. The molecule has 132 valence electrons. The molecule has 1 aromatic heterocycles. The Bertz CT molecular complexity index is 836. The number of aromatic nitrogens is 1. The zero-order chi connectivity index (χ0) is 17.9. The van der Waals surface area contributed by atoms with Crippen molar-refractivity contribution in [3.63, 3.8) is 0 Å². The quantitative estimate of drug-likeness (QED) is 0.910. The van der Waals surface area contributed by atoms with Gasteiger partial charge in [-0.25, -0.2) is 8.42 Å². The van der Waals surface area contributed by atoms with Crippen LogP contribution in [0.2, 0.25) is 0 Å². The summed E-state index contributed by atoms with van der Waals surface area (Å²) in [5, 5.41) is 2.75. The number of piperidine rings is 1. The highest BCUT2D eigenvalue weighted by Crippen LogP contribution is 2.24. The Morgan fingerprint density at radius 1 is 1.16 bits per heavy atom. The van der Waals surface area contributed by atoms with Crippen LogP contribution >= 0.6 is 0 Å². The van der Waals surface area contributed by atoms with Gasteiger partial charge in [0.25, 0.3) is 5.91 Å². The van der Waals surface area contributed by atoms with E-state index in [-0.39, 0.29) is 10.8 Å². The molecule has 0 aliphatic carbocycles. The first kappa shape index (κ1) is 17.6. The number of carbonyl (C=O) groups is 1. The maximum Gasteiger partial charge on any atom is 0.255 e. The van der Waals surface area contributed by atoms with Crippen molar-refractivity contribution in [2.24, 2.45) is 5.92 Å². The Balaban J connectivity index is 1.72. The molecule has 1 aliphatic rings. The second kappa shape index (κ2) is 7.33. The topological polar surface area (TPSA) is 79.4 Å². The fourth-order valence-electron chi connectivity index (χ4n) is 2.93. The third-order valence-electron chi connectivity index (χ3n) is 4.31. The van der Waals surface area contributed by atoms with E-state index in [9.17, 15) is 13.2 Å². The summed E-state index contributed by atoms with van der Waals surface area (Å²) >= 11 is 0. The number of carbonyl (C=O) groups excluding carboxylic acids is 1. The summed E-state index contributed by atoms with van der Waals surface area (Å²) in [5.41, 5.74) is 1.04. The van der Waals surface area contributed by atoms with Gasteiger partial charge in [0.2, 0.25) is 10.0 Å². The van der Waals surface area contributed by atoms with Gasteiger partial charge in [0, 0.05) is 36.7 Å². The molecule has 1 amide bonds. The van der Waals surface area contributed by atoms with Crippen molar-refractivity contribution in [3.8, 4) is 0 Å². The molecule has 2 heterocycles. The molecule has 1 aliphatic heterocycles. The monoisotopic (exact) mass is 359 g/mol. The highest BCUT2D eigenvalue weighted by atomic mass is 32.2. The minimum Gasteiger partial charge on any atom is -0.322 e. The standard InChI is InChI=1S/C18H21N3O3S/c1-14-3-2-12-21(13-14)25(23,24)17-6-4-16(5-7-17)20-18(22)15-8-10-19-11-9-15/h4-11,14H,2-3,12-13H2,1H3,(H,20,22)/t14-/m1/s1. The lowest BCUT2D eigenvalue weighted by atomic mass is 10.0. The summed E-state index contributed by atoms with van der Waals surface area (Å²) in [4.78, 5) is 16.2. The third kappa shape index (κ3) is 4.05. The van der Waals surface area contributed by atoms with Gasteiger partial charge >= 0.3 is 0 Å². The molecular weight excluding hydrogens is 338 g/mol. The van der Waals surface area contributed by atoms with Gasteiger partial charge in [-0.1, -0.05) is 6.92 Å². The fourth-order valence-corrected chi connectivity index (χ4v) is 4.53. The number of hydrogen-bond donors (Lipinski definition) is 1. The first-order valence-electron chi connectivity index (χ1n) is 8.28. The van der Waals surface area contributed by atoms with E-state index < -0.39 is 10.0 Å². The van der Waals surface area contributed by atoms with E-state index in [1.807, 2.05) is 0 Å². The molecule has 0 saturated carbocycles. The zero-order valence-corrected chi connectivity index (χ0v) is 14.9. The van der Waals surface area contributed by atoms with Crippen molar-refractivity contribution in [1.82, 2.24) is 9.29 Å². The number of benzene rings is 1. The minimum atomic E-state index is -3.48. The molecule has 1 fully saturated rings. The highest BCUT2D eigenvalue weighted by Gasteiger charge is 2.28. The normalized spacial score (nSPS) is 18.7. The summed E-state index contributed by atoms with van der Waals surface area (Å²) in [7, 11) is -3.48. The second-order valence-corrected chi connectivity index (χ2v) is 8.26. The lowest BCUT2D eigenvalue weighted by Gasteiger charge is -2.30. The average Bonchev–Trinajstić information content (AvgIpc) is 2.63. The predicted octanol–water partition coefficient (Wildman–Crippen LogP) is 2.75. The molecule has 7 heteroatoms. The minimum absolute atomic E-state index is 0.253. The first-order valence-corrected chi connectivity index (χ1v) is 9.72. The Kier molecular flexibility index (Phi) is 5.15. The molecular formula is C18H21N3O3S. The van der Waals surface area contributed by atoms with Crippen LogP contribution in [-0.4, -0.2) is 36.7 Å². The average molecular weight is 359 g/mol. The van der Waals surface area contributed by atoms with E-state index in [1.54, 1.807) is 41.0 Å². The molecule has 1 aromatic carbocycles. The van der Waals surface area contributed by atoms with Gasteiger partial charge in [0.1, 0.15) is 0 Å². The van der Waals surface area contributed by atoms with Gasteiger partial charge < -0.3 is 5.32 Å². The maximum atomic E-state index is 12.7. The molecule has 0 spiro atoms. The second-order valence-electron chi connectivity index (χ2n) is 6.32. The largest absolute Gasteiger partial charge is 0.322 e. The summed E-state index contributed by atoms with van der Waals surface area (Å²) in [5.74, 6) is 0.116.